The van der Waals surface area contributed by atoms with Crippen LogP contribution in [0.25, 0.3) is 0 Å². The zero-order valence-electron chi connectivity index (χ0n) is 10.9. The van der Waals surface area contributed by atoms with E-state index >= 15 is 0 Å². The Hall–Kier alpha value is -1.99. The number of rotatable bonds is 7. The topological polar surface area (TPSA) is 64.4 Å². The first-order chi connectivity index (χ1) is 9.33. The van der Waals surface area contributed by atoms with Crippen LogP contribution in [-0.4, -0.2) is 24.3 Å². The van der Waals surface area contributed by atoms with E-state index in [4.69, 9.17) is 4.74 Å². The maximum atomic E-state index is 12.0. The first-order valence-electron chi connectivity index (χ1n) is 6.05. The minimum absolute atomic E-state index is 0.0499. The second-order valence-corrected chi connectivity index (χ2v) is 4.08. The van der Waals surface area contributed by atoms with Gasteiger partial charge in [0.1, 0.15) is 0 Å². The van der Waals surface area contributed by atoms with E-state index < -0.39 is 17.5 Å². The van der Waals surface area contributed by atoms with Crippen LogP contribution < -0.4 is 10.1 Å². The summed E-state index contributed by atoms with van der Waals surface area (Å²) < 4.78 is 41.3. The van der Waals surface area contributed by atoms with E-state index in [1.165, 1.54) is 18.2 Å². The van der Waals surface area contributed by atoms with Gasteiger partial charge in [-0.05, 0) is 12.5 Å². The van der Waals surface area contributed by atoms with E-state index in [0.29, 0.717) is 18.7 Å². The van der Waals surface area contributed by atoms with Gasteiger partial charge in [-0.1, -0.05) is 6.92 Å². The summed E-state index contributed by atoms with van der Waals surface area (Å²) in [5.41, 5.74) is 0.144. The number of nitro groups is 1. The molecule has 0 radical (unpaired) electrons. The Balaban J connectivity index is 2.75. The summed E-state index contributed by atoms with van der Waals surface area (Å²) in [7, 11) is 0. The van der Waals surface area contributed by atoms with Gasteiger partial charge in [0.25, 0.3) is 0 Å². The highest BCUT2D eigenvalue weighted by Gasteiger charge is 2.26. The quantitative estimate of drug-likeness (QED) is 0.614. The Kier molecular flexibility index (Phi) is 5.60. The molecule has 0 aromatic heterocycles. The molecule has 0 fully saturated rings. The summed E-state index contributed by atoms with van der Waals surface area (Å²) in [6.07, 6.45) is -4.55. The van der Waals surface area contributed by atoms with Gasteiger partial charge in [-0.25, -0.2) is 0 Å². The predicted octanol–water partition coefficient (Wildman–Crippen LogP) is 3.75. The van der Waals surface area contributed by atoms with E-state index in [2.05, 4.69) is 5.32 Å². The molecule has 0 atom stereocenters. The molecule has 8 heteroatoms. The van der Waals surface area contributed by atoms with Crippen LogP contribution in [0.3, 0.4) is 0 Å². The number of nitrogens with zero attached hydrogens (tertiary/aromatic N) is 1. The second kappa shape index (κ2) is 6.97. The lowest BCUT2D eigenvalue weighted by Crippen LogP contribution is -2.14. The van der Waals surface area contributed by atoms with Gasteiger partial charge in [-0.15, -0.1) is 0 Å². The molecular formula is C12H15F3N2O3. The molecular weight excluding hydrogens is 277 g/mol. The van der Waals surface area contributed by atoms with Gasteiger partial charge in [0.2, 0.25) is 0 Å². The van der Waals surface area contributed by atoms with Crippen molar-refractivity contribution in [2.45, 2.75) is 25.9 Å². The summed E-state index contributed by atoms with van der Waals surface area (Å²) in [4.78, 5) is 10.2. The molecule has 0 aliphatic rings. The number of ether oxygens (including phenoxy) is 1. The molecule has 1 aromatic rings. The Morgan fingerprint density at radius 1 is 1.40 bits per heavy atom. The monoisotopic (exact) mass is 292 g/mol. The second-order valence-electron chi connectivity index (χ2n) is 4.08. The minimum atomic E-state index is -4.24. The first-order valence-corrected chi connectivity index (χ1v) is 6.05. The van der Waals surface area contributed by atoms with E-state index in [-0.39, 0.29) is 18.0 Å². The van der Waals surface area contributed by atoms with Crippen molar-refractivity contribution in [3.63, 3.8) is 0 Å². The highest BCUT2D eigenvalue weighted by molar-refractivity contribution is 5.58. The van der Waals surface area contributed by atoms with E-state index in [0.717, 1.165) is 0 Å². The largest absolute Gasteiger partial charge is 0.487 e. The molecule has 1 N–H and O–H groups in total. The van der Waals surface area contributed by atoms with Gasteiger partial charge < -0.3 is 10.1 Å². The number of nitro benzene ring substituents is 1. The molecule has 0 aliphatic carbocycles. The molecule has 20 heavy (non-hydrogen) atoms. The van der Waals surface area contributed by atoms with Gasteiger partial charge in [0.05, 0.1) is 18.0 Å². The van der Waals surface area contributed by atoms with E-state index in [9.17, 15) is 23.3 Å². The Labute approximate surface area is 113 Å². The average Bonchev–Trinajstić information content (AvgIpc) is 2.34. The van der Waals surface area contributed by atoms with Crippen molar-refractivity contribution in [3.8, 4) is 5.75 Å². The molecule has 0 spiro atoms. The molecule has 0 bridgehead atoms. The molecule has 0 saturated heterocycles. The van der Waals surface area contributed by atoms with Crippen molar-refractivity contribution < 1.29 is 22.8 Å². The van der Waals surface area contributed by atoms with Gasteiger partial charge in [-0.2, -0.15) is 13.2 Å². The van der Waals surface area contributed by atoms with Crippen molar-refractivity contribution in [3.05, 3.63) is 28.3 Å². The fourth-order valence-corrected chi connectivity index (χ4v) is 1.45. The third-order valence-electron chi connectivity index (χ3n) is 2.36. The maximum Gasteiger partial charge on any atom is 0.390 e. The van der Waals surface area contributed by atoms with Crippen LogP contribution in [0, 0.1) is 10.1 Å². The van der Waals surface area contributed by atoms with Crippen LogP contribution in [0.1, 0.15) is 19.8 Å². The van der Waals surface area contributed by atoms with E-state index in [1.54, 1.807) is 0 Å². The maximum absolute atomic E-state index is 12.0. The highest BCUT2D eigenvalue weighted by atomic mass is 19.4. The van der Waals surface area contributed by atoms with Crippen LogP contribution in [0.5, 0.6) is 5.75 Å². The first kappa shape index (κ1) is 16.1. The number of alkyl halides is 3. The van der Waals surface area contributed by atoms with Crippen molar-refractivity contribution in [1.82, 2.24) is 0 Å². The summed E-state index contributed by atoms with van der Waals surface area (Å²) in [6, 6.07) is 3.90. The lowest BCUT2D eigenvalue weighted by Gasteiger charge is -2.11. The van der Waals surface area contributed by atoms with Gasteiger partial charge in [0.15, 0.2) is 5.75 Å². The number of nitrogens with one attached hydrogen (secondary N) is 1. The Morgan fingerprint density at radius 3 is 2.65 bits per heavy atom. The lowest BCUT2D eigenvalue weighted by atomic mass is 10.2. The van der Waals surface area contributed by atoms with Crippen LogP contribution in [0.15, 0.2) is 18.2 Å². The smallest absolute Gasteiger partial charge is 0.390 e. The van der Waals surface area contributed by atoms with Crippen molar-refractivity contribution in [1.29, 1.82) is 0 Å². The standard InChI is InChI=1S/C12H15F3N2O3/c1-2-7-20-11-8-9(3-4-10(11)17(18)19)16-6-5-12(13,14)15/h3-4,8,16H,2,5-7H2,1H3. The number of halogens is 3. The van der Waals surface area contributed by atoms with Crippen LogP contribution in [-0.2, 0) is 0 Å². The van der Waals surface area contributed by atoms with Gasteiger partial charge in [0, 0.05) is 24.4 Å². The minimum Gasteiger partial charge on any atom is -0.487 e. The van der Waals surface area contributed by atoms with Crippen molar-refractivity contribution in [2.24, 2.45) is 0 Å². The molecule has 5 nitrogen and oxygen atoms in total. The Bertz CT molecular complexity index is 464. The molecule has 0 aliphatic heterocycles. The zero-order valence-corrected chi connectivity index (χ0v) is 10.9. The number of hydrogen-bond donors (Lipinski definition) is 1. The van der Waals surface area contributed by atoms with Crippen LogP contribution in [0.2, 0.25) is 0 Å². The van der Waals surface area contributed by atoms with Gasteiger partial charge in [-0.3, -0.25) is 10.1 Å². The molecule has 0 unspecified atom stereocenters. The Morgan fingerprint density at radius 2 is 2.10 bits per heavy atom. The summed E-state index contributed by atoms with van der Waals surface area (Å²) in [5.74, 6) is 0.0499. The summed E-state index contributed by atoms with van der Waals surface area (Å²) >= 11 is 0. The molecule has 1 aromatic carbocycles. The molecule has 0 heterocycles. The highest BCUT2D eigenvalue weighted by Crippen LogP contribution is 2.30. The number of hydrogen-bond acceptors (Lipinski definition) is 4. The van der Waals surface area contributed by atoms with E-state index in [1.807, 2.05) is 6.92 Å². The van der Waals surface area contributed by atoms with Crippen LogP contribution >= 0.6 is 0 Å². The summed E-state index contributed by atoms with van der Waals surface area (Å²) in [5, 5.41) is 13.4. The molecule has 0 saturated carbocycles. The normalized spacial score (nSPS) is 11.2. The molecule has 112 valence electrons. The zero-order chi connectivity index (χ0) is 15.2. The number of anilines is 1. The molecule has 1 rings (SSSR count). The molecule has 0 amide bonds. The van der Waals surface area contributed by atoms with Crippen molar-refractivity contribution in [2.75, 3.05) is 18.5 Å². The van der Waals surface area contributed by atoms with Gasteiger partial charge >= 0.3 is 11.9 Å². The fourth-order valence-electron chi connectivity index (χ4n) is 1.45. The third kappa shape index (κ3) is 5.33. The third-order valence-corrected chi connectivity index (χ3v) is 2.36. The predicted molar refractivity (Wildman–Crippen MR) is 68.0 cm³/mol. The lowest BCUT2D eigenvalue weighted by molar-refractivity contribution is -0.385. The fraction of sp³-hybridized carbons (Fsp3) is 0.500. The number of benzene rings is 1. The van der Waals surface area contributed by atoms with Crippen LogP contribution in [0.4, 0.5) is 24.5 Å². The average molecular weight is 292 g/mol. The SMILES string of the molecule is CCCOc1cc(NCCC(F)(F)F)ccc1[N+](=O)[O-]. The summed E-state index contributed by atoms with van der Waals surface area (Å²) in [6.45, 7) is 1.85. The van der Waals surface area contributed by atoms with Crippen molar-refractivity contribution >= 4 is 11.4 Å².